The molecule has 4 atom stereocenters. The predicted molar refractivity (Wildman–Crippen MR) is 96.7 cm³/mol. The van der Waals surface area contributed by atoms with Gasteiger partial charge in [0.25, 0.3) is 0 Å². The van der Waals surface area contributed by atoms with E-state index >= 15 is 0 Å². The molecule has 0 spiro atoms. The summed E-state index contributed by atoms with van der Waals surface area (Å²) in [6.45, 7) is 9.96. The first-order valence-electron chi connectivity index (χ1n) is 8.74. The van der Waals surface area contributed by atoms with Crippen LogP contribution in [-0.2, 0) is 19.4 Å². The standard InChI is InChI=1S/C20H26O4S/c1-5-17(21)24-18-15(16-11-12-20(18,4)19(16,2)3)13-25(22,23)14-9-7-6-8-10-14/h5-10,15-16,18H,1,11-13H2,2-4H3/t15-,16-,18-,20+/m1/s1. The number of fused-ring (bicyclic) bond motifs is 2. The summed E-state index contributed by atoms with van der Waals surface area (Å²) < 4.78 is 31.5. The fourth-order valence-corrected chi connectivity index (χ4v) is 6.75. The lowest BCUT2D eigenvalue weighted by Crippen LogP contribution is -2.42. The van der Waals surface area contributed by atoms with Crippen molar-refractivity contribution < 1.29 is 17.9 Å². The number of hydrogen-bond acceptors (Lipinski definition) is 4. The van der Waals surface area contributed by atoms with Crippen LogP contribution in [0.2, 0.25) is 0 Å². The SMILES string of the molecule is C=CC(=O)O[C@@H]1[C@H](CS(=O)(=O)c2ccccc2)[C@H]2CC[C@]1(C)C2(C)C. The van der Waals surface area contributed by atoms with Gasteiger partial charge in [-0.3, -0.25) is 0 Å². The minimum absolute atomic E-state index is 0.00971. The van der Waals surface area contributed by atoms with Crippen molar-refractivity contribution >= 4 is 15.8 Å². The lowest BCUT2D eigenvalue weighted by Gasteiger charge is -2.39. The summed E-state index contributed by atoms with van der Waals surface area (Å²) in [5, 5.41) is 0. The van der Waals surface area contributed by atoms with Gasteiger partial charge in [0.05, 0.1) is 10.6 Å². The Morgan fingerprint density at radius 1 is 1.28 bits per heavy atom. The first-order chi connectivity index (χ1) is 11.6. The summed E-state index contributed by atoms with van der Waals surface area (Å²) in [4.78, 5) is 12.2. The second-order valence-electron chi connectivity index (χ2n) is 8.10. The van der Waals surface area contributed by atoms with Gasteiger partial charge in [-0.2, -0.15) is 0 Å². The molecule has 0 radical (unpaired) electrons. The molecule has 136 valence electrons. The molecule has 0 heterocycles. The third-order valence-corrected chi connectivity index (χ3v) is 8.65. The number of carbonyl (C=O) groups is 1. The highest BCUT2D eigenvalue weighted by Crippen LogP contribution is 2.68. The lowest BCUT2D eigenvalue weighted by atomic mass is 9.70. The summed E-state index contributed by atoms with van der Waals surface area (Å²) in [5.41, 5.74) is -0.288. The number of ether oxygens (including phenoxy) is 1. The first kappa shape index (κ1) is 18.2. The number of rotatable bonds is 5. The topological polar surface area (TPSA) is 60.4 Å². The highest BCUT2D eigenvalue weighted by molar-refractivity contribution is 7.91. The van der Waals surface area contributed by atoms with E-state index in [0.717, 1.165) is 18.9 Å². The van der Waals surface area contributed by atoms with Crippen LogP contribution in [0.25, 0.3) is 0 Å². The van der Waals surface area contributed by atoms with E-state index in [1.54, 1.807) is 30.3 Å². The van der Waals surface area contributed by atoms with E-state index in [4.69, 9.17) is 4.74 Å². The van der Waals surface area contributed by atoms with Crippen molar-refractivity contribution in [1.82, 2.24) is 0 Å². The molecule has 2 aliphatic carbocycles. The molecule has 4 nitrogen and oxygen atoms in total. The Labute approximate surface area is 150 Å². The summed E-state index contributed by atoms with van der Waals surface area (Å²) >= 11 is 0. The maximum absolute atomic E-state index is 12.9. The second-order valence-corrected chi connectivity index (χ2v) is 10.1. The number of carbonyl (C=O) groups excluding carboxylic acids is 1. The average Bonchev–Trinajstić information content (AvgIpc) is 2.88. The van der Waals surface area contributed by atoms with Crippen molar-refractivity contribution in [3.8, 4) is 0 Å². The molecule has 2 aliphatic rings. The van der Waals surface area contributed by atoms with Gasteiger partial charge in [0.2, 0.25) is 0 Å². The van der Waals surface area contributed by atoms with Gasteiger partial charge < -0.3 is 4.74 Å². The van der Waals surface area contributed by atoms with Crippen LogP contribution >= 0.6 is 0 Å². The minimum atomic E-state index is -3.44. The van der Waals surface area contributed by atoms with Gasteiger partial charge in [0.1, 0.15) is 6.10 Å². The van der Waals surface area contributed by atoms with Crippen molar-refractivity contribution in [2.24, 2.45) is 22.7 Å². The molecule has 2 saturated carbocycles. The zero-order chi connectivity index (χ0) is 18.5. The Morgan fingerprint density at radius 3 is 2.52 bits per heavy atom. The Hall–Kier alpha value is -1.62. The van der Waals surface area contributed by atoms with E-state index in [1.165, 1.54) is 0 Å². The number of hydrogen-bond donors (Lipinski definition) is 0. The van der Waals surface area contributed by atoms with Crippen LogP contribution < -0.4 is 0 Å². The van der Waals surface area contributed by atoms with Crippen LogP contribution in [0, 0.1) is 22.7 Å². The second kappa shape index (κ2) is 5.97. The van der Waals surface area contributed by atoms with Crippen molar-refractivity contribution in [1.29, 1.82) is 0 Å². The van der Waals surface area contributed by atoms with Crippen LogP contribution in [0.4, 0.5) is 0 Å². The fraction of sp³-hybridized carbons (Fsp3) is 0.550. The summed E-state index contributed by atoms with van der Waals surface area (Å²) in [5.74, 6) is -0.436. The van der Waals surface area contributed by atoms with Crippen LogP contribution in [0.15, 0.2) is 47.9 Å². The van der Waals surface area contributed by atoms with E-state index in [9.17, 15) is 13.2 Å². The van der Waals surface area contributed by atoms with Crippen LogP contribution in [0.5, 0.6) is 0 Å². The quantitative estimate of drug-likeness (QED) is 0.593. The zero-order valence-electron chi connectivity index (χ0n) is 15.1. The fourth-order valence-electron chi connectivity index (χ4n) is 5.08. The highest BCUT2D eigenvalue weighted by Gasteiger charge is 2.68. The van der Waals surface area contributed by atoms with Crippen molar-refractivity contribution in [3.63, 3.8) is 0 Å². The summed E-state index contributed by atoms with van der Waals surface area (Å²) in [7, 11) is -3.44. The Morgan fingerprint density at radius 2 is 1.92 bits per heavy atom. The number of sulfone groups is 1. The Bertz CT molecular complexity index is 781. The maximum atomic E-state index is 12.9. The molecule has 3 rings (SSSR count). The molecular weight excluding hydrogens is 336 g/mol. The summed E-state index contributed by atoms with van der Waals surface area (Å²) in [6.07, 6.45) is 2.68. The molecule has 1 aromatic carbocycles. The Balaban J connectivity index is 1.96. The molecule has 1 aromatic rings. The highest BCUT2D eigenvalue weighted by atomic mass is 32.2. The van der Waals surface area contributed by atoms with Crippen molar-refractivity contribution in [2.75, 3.05) is 5.75 Å². The van der Waals surface area contributed by atoms with Gasteiger partial charge in [0, 0.05) is 17.4 Å². The average molecular weight is 362 g/mol. The molecule has 25 heavy (non-hydrogen) atoms. The van der Waals surface area contributed by atoms with Crippen LogP contribution in [0.3, 0.4) is 0 Å². The van der Waals surface area contributed by atoms with Gasteiger partial charge in [-0.1, -0.05) is 45.5 Å². The van der Waals surface area contributed by atoms with Gasteiger partial charge >= 0.3 is 5.97 Å². The third kappa shape index (κ3) is 2.73. The lowest BCUT2D eigenvalue weighted by molar-refractivity contribution is -0.153. The normalized spacial score (nSPS) is 33.2. The van der Waals surface area contributed by atoms with Gasteiger partial charge in [0.15, 0.2) is 9.84 Å². The molecule has 2 fully saturated rings. The van der Waals surface area contributed by atoms with E-state index in [2.05, 4.69) is 27.4 Å². The summed E-state index contributed by atoms with van der Waals surface area (Å²) in [6, 6.07) is 8.51. The molecule has 2 bridgehead atoms. The predicted octanol–water partition coefficient (Wildman–Crippen LogP) is 3.63. The molecule has 0 N–H and O–H groups in total. The monoisotopic (exact) mass is 362 g/mol. The van der Waals surface area contributed by atoms with Crippen molar-refractivity contribution in [2.45, 2.75) is 44.6 Å². The van der Waals surface area contributed by atoms with Crippen LogP contribution in [-0.4, -0.2) is 26.2 Å². The van der Waals surface area contributed by atoms with E-state index in [1.807, 2.05) is 0 Å². The van der Waals surface area contributed by atoms with Crippen LogP contribution in [0.1, 0.15) is 33.6 Å². The molecular formula is C20H26O4S. The molecule has 0 aromatic heterocycles. The molecule has 0 amide bonds. The largest absolute Gasteiger partial charge is 0.458 e. The maximum Gasteiger partial charge on any atom is 0.330 e. The number of benzene rings is 1. The molecule has 5 heteroatoms. The first-order valence-corrected chi connectivity index (χ1v) is 10.4. The van der Waals surface area contributed by atoms with E-state index < -0.39 is 21.9 Å². The number of esters is 1. The van der Waals surface area contributed by atoms with Gasteiger partial charge in [-0.05, 0) is 36.3 Å². The minimum Gasteiger partial charge on any atom is -0.458 e. The van der Waals surface area contributed by atoms with Gasteiger partial charge in [-0.15, -0.1) is 0 Å². The van der Waals surface area contributed by atoms with E-state index in [-0.39, 0.29) is 28.4 Å². The third-order valence-electron chi connectivity index (χ3n) is 6.83. The van der Waals surface area contributed by atoms with Gasteiger partial charge in [-0.25, -0.2) is 13.2 Å². The molecule has 0 unspecified atom stereocenters. The Kier molecular flexibility index (Phi) is 4.34. The zero-order valence-corrected chi connectivity index (χ0v) is 15.9. The van der Waals surface area contributed by atoms with E-state index in [0.29, 0.717) is 4.90 Å². The van der Waals surface area contributed by atoms with Crippen molar-refractivity contribution in [3.05, 3.63) is 43.0 Å². The smallest absolute Gasteiger partial charge is 0.330 e. The molecule has 0 saturated heterocycles. The molecule has 0 aliphatic heterocycles.